The first-order valence-electron chi connectivity index (χ1n) is 11.8. The highest BCUT2D eigenvalue weighted by molar-refractivity contribution is 6.07. The standard InChI is InChI=1S/C24H34N8/c1-3-21(4-2)31-17-20(16-28-31)24-23-8-10-27-32(23)18-22(29-24)19(14-25)15-26-9-7-13-30-11-5-6-12-30/h8,10,14-18,21,25-26H,3-7,9,11-13H2,1-2H3/b19-15+,25-14?. The summed E-state index contributed by atoms with van der Waals surface area (Å²) in [5.41, 5.74) is 4.18. The Morgan fingerprint density at radius 3 is 2.75 bits per heavy atom. The summed E-state index contributed by atoms with van der Waals surface area (Å²) in [4.78, 5) is 7.44. The number of likely N-dealkylation sites (tertiary alicyclic amines) is 1. The highest BCUT2D eigenvalue weighted by atomic mass is 15.3. The van der Waals surface area contributed by atoms with Gasteiger partial charge >= 0.3 is 0 Å². The van der Waals surface area contributed by atoms with E-state index < -0.39 is 0 Å². The fourth-order valence-electron chi connectivity index (χ4n) is 4.38. The molecule has 2 N–H and O–H groups in total. The molecule has 1 aliphatic heterocycles. The molecule has 3 aromatic heterocycles. The van der Waals surface area contributed by atoms with E-state index in [9.17, 15) is 0 Å². The first-order valence-corrected chi connectivity index (χ1v) is 11.8. The first kappa shape index (κ1) is 22.2. The zero-order valence-electron chi connectivity index (χ0n) is 19.2. The molecule has 0 bridgehead atoms. The van der Waals surface area contributed by atoms with Gasteiger partial charge in [0, 0.05) is 36.3 Å². The molecule has 0 atom stereocenters. The number of hydrogen-bond donors (Lipinski definition) is 2. The van der Waals surface area contributed by atoms with Gasteiger partial charge in [-0.3, -0.25) is 4.68 Å². The lowest BCUT2D eigenvalue weighted by atomic mass is 10.1. The van der Waals surface area contributed by atoms with Gasteiger partial charge in [0.15, 0.2) is 0 Å². The topological polar surface area (TPSA) is 87.1 Å². The fourth-order valence-corrected chi connectivity index (χ4v) is 4.38. The van der Waals surface area contributed by atoms with Crippen LogP contribution in [0.2, 0.25) is 0 Å². The number of fused-ring (bicyclic) bond motifs is 1. The van der Waals surface area contributed by atoms with Crippen molar-refractivity contribution < 1.29 is 0 Å². The highest BCUT2D eigenvalue weighted by Crippen LogP contribution is 2.26. The summed E-state index contributed by atoms with van der Waals surface area (Å²) < 4.78 is 3.86. The Bertz CT molecular complexity index is 1050. The van der Waals surface area contributed by atoms with Gasteiger partial charge in [-0.05, 0) is 57.8 Å². The van der Waals surface area contributed by atoms with Gasteiger partial charge in [0.1, 0.15) is 0 Å². The summed E-state index contributed by atoms with van der Waals surface area (Å²) in [6.07, 6.45) is 16.7. The van der Waals surface area contributed by atoms with Crippen LogP contribution in [0.15, 0.2) is 37.1 Å². The molecule has 0 aliphatic carbocycles. The van der Waals surface area contributed by atoms with Crippen LogP contribution in [0.25, 0.3) is 22.3 Å². The van der Waals surface area contributed by atoms with E-state index in [1.807, 2.05) is 33.9 Å². The van der Waals surface area contributed by atoms with Gasteiger partial charge < -0.3 is 15.6 Å². The first-order chi connectivity index (χ1) is 15.7. The lowest BCUT2D eigenvalue weighted by Crippen LogP contribution is -2.23. The van der Waals surface area contributed by atoms with Crippen LogP contribution < -0.4 is 5.32 Å². The van der Waals surface area contributed by atoms with Gasteiger partial charge in [0.25, 0.3) is 0 Å². The van der Waals surface area contributed by atoms with Crippen LogP contribution in [-0.2, 0) is 0 Å². The molecule has 0 radical (unpaired) electrons. The van der Waals surface area contributed by atoms with E-state index in [1.165, 1.54) is 32.1 Å². The summed E-state index contributed by atoms with van der Waals surface area (Å²) in [7, 11) is 0. The summed E-state index contributed by atoms with van der Waals surface area (Å²) in [6, 6.07) is 2.35. The van der Waals surface area contributed by atoms with Crippen molar-refractivity contribution in [1.29, 1.82) is 5.41 Å². The smallest absolute Gasteiger partial charge is 0.0999 e. The van der Waals surface area contributed by atoms with Crippen LogP contribution in [0.3, 0.4) is 0 Å². The van der Waals surface area contributed by atoms with Gasteiger partial charge in [-0.25, -0.2) is 9.50 Å². The van der Waals surface area contributed by atoms with Crippen molar-refractivity contribution >= 4 is 17.3 Å². The largest absolute Gasteiger partial charge is 0.390 e. The predicted molar refractivity (Wildman–Crippen MR) is 129 cm³/mol. The Morgan fingerprint density at radius 2 is 2.00 bits per heavy atom. The van der Waals surface area contributed by atoms with Crippen LogP contribution in [0.1, 0.15) is 57.7 Å². The molecule has 8 heteroatoms. The molecule has 4 rings (SSSR count). The second-order valence-corrected chi connectivity index (χ2v) is 8.42. The van der Waals surface area contributed by atoms with E-state index in [0.717, 1.165) is 54.7 Å². The summed E-state index contributed by atoms with van der Waals surface area (Å²) in [5, 5.41) is 20.3. The summed E-state index contributed by atoms with van der Waals surface area (Å²) in [6.45, 7) is 8.83. The Hall–Kier alpha value is -3.00. The van der Waals surface area contributed by atoms with Crippen LogP contribution >= 0.6 is 0 Å². The van der Waals surface area contributed by atoms with Gasteiger partial charge in [-0.15, -0.1) is 0 Å². The van der Waals surface area contributed by atoms with E-state index in [0.29, 0.717) is 11.7 Å². The fraction of sp³-hybridized carbons (Fsp3) is 0.500. The van der Waals surface area contributed by atoms with Crippen LogP contribution in [-0.4, -0.2) is 61.7 Å². The van der Waals surface area contributed by atoms with E-state index in [2.05, 4.69) is 40.5 Å². The van der Waals surface area contributed by atoms with Crippen molar-refractivity contribution in [2.75, 3.05) is 26.2 Å². The third-order valence-electron chi connectivity index (χ3n) is 6.28. The highest BCUT2D eigenvalue weighted by Gasteiger charge is 2.15. The minimum Gasteiger partial charge on any atom is -0.390 e. The molecule has 0 spiro atoms. The number of rotatable bonds is 11. The number of nitrogens with zero attached hydrogens (tertiary/aromatic N) is 6. The Morgan fingerprint density at radius 1 is 1.19 bits per heavy atom. The predicted octanol–water partition coefficient (Wildman–Crippen LogP) is 4.02. The van der Waals surface area contributed by atoms with E-state index in [1.54, 1.807) is 6.20 Å². The average Bonchev–Trinajstić information content (AvgIpc) is 3.58. The average molecular weight is 435 g/mol. The Labute approximate surface area is 189 Å². The van der Waals surface area contributed by atoms with Crippen molar-refractivity contribution in [3.05, 3.63) is 42.7 Å². The van der Waals surface area contributed by atoms with Crippen molar-refractivity contribution in [2.45, 2.75) is 52.0 Å². The van der Waals surface area contributed by atoms with E-state index in [4.69, 9.17) is 10.4 Å². The van der Waals surface area contributed by atoms with E-state index in [-0.39, 0.29) is 0 Å². The molecule has 0 amide bonds. The lowest BCUT2D eigenvalue weighted by Gasteiger charge is -2.14. The minimum absolute atomic E-state index is 0.384. The molecule has 4 heterocycles. The van der Waals surface area contributed by atoms with Gasteiger partial charge in [-0.2, -0.15) is 10.2 Å². The van der Waals surface area contributed by atoms with Gasteiger partial charge in [-0.1, -0.05) is 13.8 Å². The monoisotopic (exact) mass is 434 g/mol. The van der Waals surface area contributed by atoms with Crippen LogP contribution in [0, 0.1) is 5.41 Å². The molecule has 170 valence electrons. The molecular weight excluding hydrogens is 400 g/mol. The number of nitrogens with one attached hydrogen (secondary N) is 2. The maximum atomic E-state index is 7.94. The normalized spacial score (nSPS) is 15.2. The molecule has 3 aromatic rings. The minimum atomic E-state index is 0.384. The third kappa shape index (κ3) is 4.91. The number of aromatic nitrogens is 5. The molecular formula is C24H34N8. The summed E-state index contributed by atoms with van der Waals surface area (Å²) >= 11 is 0. The zero-order valence-corrected chi connectivity index (χ0v) is 19.2. The van der Waals surface area contributed by atoms with Crippen molar-refractivity contribution in [3.63, 3.8) is 0 Å². The second kappa shape index (κ2) is 10.5. The zero-order chi connectivity index (χ0) is 22.3. The molecule has 1 aliphatic rings. The SMILES string of the molecule is CCC(CC)n1cc(-c2nc(/C(C=N)=C/NCCCN3CCCC3)cn3nccc23)cn1. The Balaban J connectivity index is 1.54. The molecule has 1 fully saturated rings. The molecule has 32 heavy (non-hydrogen) atoms. The summed E-state index contributed by atoms with van der Waals surface area (Å²) in [5.74, 6) is 0. The quantitative estimate of drug-likeness (QED) is 0.352. The number of hydrogen-bond acceptors (Lipinski definition) is 6. The molecule has 8 nitrogen and oxygen atoms in total. The molecule has 1 saturated heterocycles. The van der Waals surface area contributed by atoms with Gasteiger partial charge in [0.05, 0.1) is 41.5 Å². The van der Waals surface area contributed by atoms with E-state index >= 15 is 0 Å². The second-order valence-electron chi connectivity index (χ2n) is 8.42. The maximum Gasteiger partial charge on any atom is 0.0999 e. The van der Waals surface area contributed by atoms with Crippen molar-refractivity contribution in [3.8, 4) is 11.3 Å². The lowest BCUT2D eigenvalue weighted by molar-refractivity contribution is 0.333. The number of allylic oxidation sites excluding steroid dienone is 1. The van der Waals surface area contributed by atoms with Gasteiger partial charge in [0.2, 0.25) is 0 Å². The molecule has 0 unspecified atom stereocenters. The molecule has 0 aromatic carbocycles. The molecule has 0 saturated carbocycles. The van der Waals surface area contributed by atoms with Crippen molar-refractivity contribution in [1.82, 2.24) is 34.6 Å². The van der Waals surface area contributed by atoms with Crippen LogP contribution in [0.5, 0.6) is 0 Å². The maximum absolute atomic E-state index is 7.94. The third-order valence-corrected chi connectivity index (χ3v) is 6.28. The van der Waals surface area contributed by atoms with Crippen LogP contribution in [0.4, 0.5) is 0 Å². The van der Waals surface area contributed by atoms with Crippen molar-refractivity contribution in [2.24, 2.45) is 0 Å². The Kier molecular flexibility index (Phi) is 7.32.